The van der Waals surface area contributed by atoms with E-state index in [1.54, 1.807) is 0 Å². The summed E-state index contributed by atoms with van der Waals surface area (Å²) < 4.78 is 11.6. The summed E-state index contributed by atoms with van der Waals surface area (Å²) in [4.78, 5) is 2.45. The number of aromatic nitrogens is 1. The fraction of sp³-hybridized carbons (Fsp3) is 0. The molecule has 3 heterocycles. The van der Waals surface area contributed by atoms with E-state index >= 15 is 0 Å². The molecule has 0 atom stereocenters. The predicted octanol–water partition coefficient (Wildman–Crippen LogP) is 15.9. The van der Waals surface area contributed by atoms with Crippen LogP contribution in [0, 0.1) is 0 Å². The number of anilines is 3. The Balaban J connectivity index is 1.13. The molecule has 0 amide bonds. The molecule has 272 valence electrons. The van der Waals surface area contributed by atoms with Gasteiger partial charge in [0.1, 0.15) is 11.2 Å². The molecule has 0 spiro atoms. The Morgan fingerprint density at radius 2 is 1.00 bits per heavy atom. The van der Waals surface area contributed by atoms with Gasteiger partial charge in [0.2, 0.25) is 0 Å². The molecule has 58 heavy (non-hydrogen) atoms. The van der Waals surface area contributed by atoms with Gasteiger partial charge in [-0.2, -0.15) is 0 Å². The number of thiophene rings is 1. The first kappa shape index (κ1) is 32.8. The van der Waals surface area contributed by atoms with Crippen molar-refractivity contribution < 1.29 is 4.42 Å². The standard InChI is InChI=1S/C54H34N2OS/c1-2-17-35(18-3-1)55(45-27-10-6-21-38(45)41-25-16-26-42-40-23-8-14-31-50(40)57-53(41)42)49-34-33-43(54-52(49)44-24-9-15-32-51(44)58-54)39-22-7-13-30-48(39)56-46-28-11-4-19-36(46)37-20-5-12-29-47(37)56/h1-34H. The zero-order chi connectivity index (χ0) is 38.2. The third-order valence-electron chi connectivity index (χ3n) is 11.6. The molecule has 0 bridgehead atoms. The molecule has 0 unspecified atom stereocenters. The topological polar surface area (TPSA) is 21.3 Å². The van der Waals surface area contributed by atoms with E-state index in [1.807, 2.05) is 17.4 Å². The lowest BCUT2D eigenvalue weighted by Crippen LogP contribution is -2.11. The molecule has 0 saturated heterocycles. The Kier molecular flexibility index (Phi) is 7.40. The monoisotopic (exact) mass is 758 g/mol. The molecule has 3 aromatic heterocycles. The van der Waals surface area contributed by atoms with E-state index in [-0.39, 0.29) is 0 Å². The van der Waals surface area contributed by atoms with Crippen molar-refractivity contribution in [2.75, 3.05) is 4.90 Å². The van der Waals surface area contributed by atoms with Crippen LogP contribution in [0.1, 0.15) is 0 Å². The molecular weight excluding hydrogens is 725 g/mol. The first-order valence-corrected chi connectivity index (χ1v) is 20.5. The van der Waals surface area contributed by atoms with E-state index in [2.05, 4.69) is 210 Å². The number of hydrogen-bond acceptors (Lipinski definition) is 3. The molecule has 0 aliphatic heterocycles. The Morgan fingerprint density at radius 3 is 1.81 bits per heavy atom. The molecule has 12 rings (SSSR count). The van der Waals surface area contributed by atoms with Gasteiger partial charge in [0.25, 0.3) is 0 Å². The minimum absolute atomic E-state index is 0.894. The highest BCUT2D eigenvalue weighted by Gasteiger charge is 2.25. The van der Waals surface area contributed by atoms with Crippen molar-refractivity contribution in [3.05, 3.63) is 206 Å². The van der Waals surface area contributed by atoms with E-state index in [9.17, 15) is 0 Å². The van der Waals surface area contributed by atoms with E-state index < -0.39 is 0 Å². The maximum atomic E-state index is 6.64. The maximum absolute atomic E-state index is 6.64. The van der Waals surface area contributed by atoms with Crippen molar-refractivity contribution in [1.29, 1.82) is 0 Å². The molecule has 4 heteroatoms. The Bertz CT molecular complexity index is 3480. The number of furan rings is 1. The van der Waals surface area contributed by atoms with Gasteiger partial charge in [-0.15, -0.1) is 11.3 Å². The van der Waals surface area contributed by atoms with Crippen LogP contribution >= 0.6 is 11.3 Å². The van der Waals surface area contributed by atoms with Crippen LogP contribution in [0.5, 0.6) is 0 Å². The molecule has 0 saturated carbocycles. The summed E-state index contributed by atoms with van der Waals surface area (Å²) in [7, 11) is 0. The van der Waals surface area contributed by atoms with Gasteiger partial charge in [-0.1, -0.05) is 152 Å². The molecule has 0 aliphatic carbocycles. The molecule has 12 aromatic rings. The van der Waals surface area contributed by atoms with Gasteiger partial charge in [-0.25, -0.2) is 0 Å². The van der Waals surface area contributed by atoms with E-state index in [0.717, 1.165) is 55.8 Å². The molecule has 9 aromatic carbocycles. The number of fused-ring (bicyclic) bond motifs is 9. The number of benzene rings is 9. The third kappa shape index (κ3) is 4.92. The van der Waals surface area contributed by atoms with Crippen LogP contribution in [0.15, 0.2) is 211 Å². The first-order chi connectivity index (χ1) is 28.8. The molecule has 0 fully saturated rings. The highest BCUT2D eigenvalue weighted by atomic mass is 32.1. The fourth-order valence-corrected chi connectivity index (χ4v) is 10.4. The summed E-state index contributed by atoms with van der Waals surface area (Å²) >= 11 is 1.87. The highest BCUT2D eigenvalue weighted by Crippen LogP contribution is 2.51. The summed E-state index contributed by atoms with van der Waals surface area (Å²) in [5, 5.41) is 7.23. The van der Waals surface area contributed by atoms with E-state index in [4.69, 9.17) is 4.42 Å². The summed E-state index contributed by atoms with van der Waals surface area (Å²) in [6.07, 6.45) is 0. The van der Waals surface area contributed by atoms with Crippen LogP contribution in [0.2, 0.25) is 0 Å². The van der Waals surface area contributed by atoms with Crippen LogP contribution in [0.4, 0.5) is 17.1 Å². The average Bonchev–Trinajstić information content (AvgIpc) is 3.98. The second kappa shape index (κ2) is 13.1. The summed E-state index contributed by atoms with van der Waals surface area (Å²) in [5.41, 5.74) is 13.2. The molecule has 0 aliphatic rings. The van der Waals surface area contributed by atoms with Gasteiger partial charge in [0.15, 0.2) is 0 Å². The SMILES string of the molecule is c1ccc(N(c2ccccc2-c2cccc3c2oc2ccccc23)c2ccc(-c3ccccc3-n3c4ccccc4c4ccccc43)c3sc4ccccc4c23)cc1. The van der Waals surface area contributed by atoms with Crippen molar-refractivity contribution in [2.24, 2.45) is 0 Å². The maximum Gasteiger partial charge on any atom is 0.143 e. The van der Waals surface area contributed by atoms with Gasteiger partial charge in [0.05, 0.1) is 28.1 Å². The van der Waals surface area contributed by atoms with Crippen molar-refractivity contribution >= 4 is 92.3 Å². The minimum atomic E-state index is 0.894. The van der Waals surface area contributed by atoms with Crippen LogP contribution in [-0.2, 0) is 0 Å². The van der Waals surface area contributed by atoms with Crippen molar-refractivity contribution in [1.82, 2.24) is 4.57 Å². The van der Waals surface area contributed by atoms with Gasteiger partial charge in [-0.3, -0.25) is 0 Å². The van der Waals surface area contributed by atoms with Gasteiger partial charge in [0, 0.05) is 69.7 Å². The molecular formula is C54H34N2OS. The highest BCUT2D eigenvalue weighted by molar-refractivity contribution is 7.26. The summed E-state index contributed by atoms with van der Waals surface area (Å²) in [5.74, 6) is 0. The largest absolute Gasteiger partial charge is 0.455 e. The number of para-hydroxylation sites is 7. The normalized spacial score (nSPS) is 11.8. The van der Waals surface area contributed by atoms with Crippen LogP contribution in [-0.4, -0.2) is 4.57 Å². The van der Waals surface area contributed by atoms with Crippen LogP contribution in [0.3, 0.4) is 0 Å². The second-order valence-corrected chi connectivity index (χ2v) is 15.8. The van der Waals surface area contributed by atoms with Crippen LogP contribution < -0.4 is 4.90 Å². The minimum Gasteiger partial charge on any atom is -0.455 e. The number of nitrogens with zero attached hydrogens (tertiary/aromatic N) is 2. The Hall–Kier alpha value is -7.40. The number of rotatable bonds is 6. The summed E-state index contributed by atoms with van der Waals surface area (Å²) in [6, 6.07) is 74.3. The lowest BCUT2D eigenvalue weighted by Gasteiger charge is -2.29. The van der Waals surface area contributed by atoms with Gasteiger partial charge in [-0.05, 0) is 54.6 Å². The predicted molar refractivity (Wildman–Crippen MR) is 247 cm³/mol. The zero-order valence-electron chi connectivity index (χ0n) is 31.3. The molecule has 0 N–H and O–H groups in total. The van der Waals surface area contributed by atoms with Gasteiger partial charge >= 0.3 is 0 Å². The van der Waals surface area contributed by atoms with E-state index in [1.165, 1.54) is 53.1 Å². The summed E-state index contributed by atoms with van der Waals surface area (Å²) in [6.45, 7) is 0. The smallest absolute Gasteiger partial charge is 0.143 e. The second-order valence-electron chi connectivity index (χ2n) is 14.8. The van der Waals surface area contributed by atoms with Crippen molar-refractivity contribution in [2.45, 2.75) is 0 Å². The lowest BCUT2D eigenvalue weighted by molar-refractivity contribution is 0.670. The molecule has 0 radical (unpaired) electrons. The lowest BCUT2D eigenvalue weighted by atomic mass is 9.97. The fourth-order valence-electron chi connectivity index (χ4n) is 9.13. The van der Waals surface area contributed by atoms with Crippen molar-refractivity contribution in [3.8, 4) is 27.9 Å². The van der Waals surface area contributed by atoms with Crippen molar-refractivity contribution in [3.63, 3.8) is 0 Å². The average molecular weight is 759 g/mol. The van der Waals surface area contributed by atoms with E-state index in [0.29, 0.717) is 0 Å². The Labute approximate surface area is 338 Å². The zero-order valence-corrected chi connectivity index (χ0v) is 32.2. The van der Waals surface area contributed by atoms with Gasteiger partial charge < -0.3 is 13.9 Å². The molecule has 3 nitrogen and oxygen atoms in total. The Morgan fingerprint density at radius 1 is 0.397 bits per heavy atom. The quantitative estimate of drug-likeness (QED) is 0.168. The van der Waals surface area contributed by atoms with Crippen LogP contribution in [0.25, 0.3) is 91.9 Å². The first-order valence-electron chi connectivity index (χ1n) is 19.7. The third-order valence-corrected chi connectivity index (χ3v) is 12.8. The number of hydrogen-bond donors (Lipinski definition) is 0.